The number of rotatable bonds is 9. The van der Waals surface area contributed by atoms with Gasteiger partial charge in [-0.15, -0.1) is 0 Å². The van der Waals surface area contributed by atoms with E-state index in [0.29, 0.717) is 13.2 Å². The standard InChI is InChI=1S/C23H27N3O2S/c1-4-28-19-12-13-20-21(17-19)29-23(24-20)26(16-8-15-25(2)3)22(27)14-11-18-9-6-5-7-10-18/h5-7,9-14,17H,4,8,15-16H2,1-3H3/p+1/b14-11+. The molecule has 0 atom stereocenters. The number of benzene rings is 2. The first-order chi connectivity index (χ1) is 14.1. The summed E-state index contributed by atoms with van der Waals surface area (Å²) in [6.45, 7) is 4.22. The number of carbonyl (C=O) groups excluding carboxylic acids is 1. The third-order valence-corrected chi connectivity index (χ3v) is 5.47. The van der Waals surface area contributed by atoms with E-state index < -0.39 is 0 Å². The summed E-state index contributed by atoms with van der Waals surface area (Å²) >= 11 is 1.53. The van der Waals surface area contributed by atoms with Crippen LogP contribution in [0.1, 0.15) is 18.9 Å². The Morgan fingerprint density at radius 3 is 2.72 bits per heavy atom. The Bertz CT molecular complexity index is 967. The Balaban J connectivity index is 1.84. The van der Waals surface area contributed by atoms with Gasteiger partial charge in [0.25, 0.3) is 5.91 Å². The highest BCUT2D eigenvalue weighted by atomic mass is 32.1. The van der Waals surface area contributed by atoms with Gasteiger partial charge >= 0.3 is 0 Å². The molecule has 0 spiro atoms. The molecule has 0 unspecified atom stereocenters. The van der Waals surface area contributed by atoms with Gasteiger partial charge < -0.3 is 9.64 Å². The molecule has 0 radical (unpaired) electrons. The lowest BCUT2D eigenvalue weighted by Crippen LogP contribution is -3.05. The molecule has 0 fully saturated rings. The van der Waals surface area contributed by atoms with E-state index in [1.807, 2.05) is 61.5 Å². The minimum atomic E-state index is -0.0494. The lowest BCUT2D eigenvalue weighted by atomic mass is 10.2. The second-order valence-electron chi connectivity index (χ2n) is 7.10. The summed E-state index contributed by atoms with van der Waals surface area (Å²) in [6, 6.07) is 15.7. The van der Waals surface area contributed by atoms with Crippen molar-refractivity contribution in [1.82, 2.24) is 4.98 Å². The number of carbonyl (C=O) groups is 1. The van der Waals surface area contributed by atoms with Gasteiger partial charge in [0.15, 0.2) is 5.13 Å². The second-order valence-corrected chi connectivity index (χ2v) is 8.11. The van der Waals surface area contributed by atoms with Crippen LogP contribution >= 0.6 is 11.3 Å². The average Bonchev–Trinajstić information content (AvgIpc) is 3.13. The molecule has 29 heavy (non-hydrogen) atoms. The van der Waals surface area contributed by atoms with Gasteiger partial charge in [0, 0.05) is 19.0 Å². The topological polar surface area (TPSA) is 46.9 Å². The number of amides is 1. The number of ether oxygens (including phenoxy) is 1. The predicted molar refractivity (Wildman–Crippen MR) is 121 cm³/mol. The van der Waals surface area contributed by atoms with Crippen LogP contribution < -0.4 is 14.5 Å². The van der Waals surface area contributed by atoms with Crippen LogP contribution in [0.5, 0.6) is 5.75 Å². The van der Waals surface area contributed by atoms with Crippen LogP contribution in [0.3, 0.4) is 0 Å². The fourth-order valence-corrected chi connectivity index (χ4v) is 4.00. The van der Waals surface area contributed by atoms with E-state index >= 15 is 0 Å². The van der Waals surface area contributed by atoms with E-state index in [0.717, 1.165) is 39.6 Å². The minimum absolute atomic E-state index is 0.0494. The number of thiazole rings is 1. The molecule has 0 bridgehead atoms. The molecule has 2 aromatic carbocycles. The number of quaternary nitrogens is 1. The lowest BCUT2D eigenvalue weighted by Gasteiger charge is -2.18. The number of fused-ring (bicyclic) bond motifs is 1. The molecule has 0 aliphatic rings. The zero-order valence-electron chi connectivity index (χ0n) is 17.2. The molecule has 1 amide bonds. The van der Waals surface area contributed by atoms with Crippen molar-refractivity contribution in [3.63, 3.8) is 0 Å². The summed E-state index contributed by atoms with van der Waals surface area (Å²) in [6.07, 6.45) is 4.40. The van der Waals surface area contributed by atoms with Gasteiger partial charge in [-0.1, -0.05) is 41.7 Å². The van der Waals surface area contributed by atoms with E-state index in [1.54, 1.807) is 11.0 Å². The molecule has 3 aromatic rings. The number of aromatic nitrogens is 1. The van der Waals surface area contributed by atoms with Gasteiger partial charge in [-0.3, -0.25) is 9.69 Å². The maximum absolute atomic E-state index is 13.0. The molecule has 0 aliphatic carbocycles. The predicted octanol–water partition coefficient (Wildman–Crippen LogP) is 3.28. The van der Waals surface area contributed by atoms with E-state index in [9.17, 15) is 4.79 Å². The van der Waals surface area contributed by atoms with Crippen molar-refractivity contribution in [1.29, 1.82) is 0 Å². The highest BCUT2D eigenvalue weighted by Gasteiger charge is 2.18. The van der Waals surface area contributed by atoms with Crippen LogP contribution in [0.4, 0.5) is 5.13 Å². The normalized spacial score (nSPS) is 11.4. The fraction of sp³-hybridized carbons (Fsp3) is 0.304. The highest BCUT2D eigenvalue weighted by molar-refractivity contribution is 7.22. The molecule has 6 heteroatoms. The molecule has 1 aromatic heterocycles. The quantitative estimate of drug-likeness (QED) is 0.551. The molecular weight excluding hydrogens is 382 g/mol. The Morgan fingerprint density at radius 1 is 1.21 bits per heavy atom. The minimum Gasteiger partial charge on any atom is -0.494 e. The largest absolute Gasteiger partial charge is 0.494 e. The molecule has 0 saturated carbocycles. The second kappa shape index (κ2) is 10.2. The van der Waals surface area contributed by atoms with Gasteiger partial charge in [0.1, 0.15) is 5.75 Å². The van der Waals surface area contributed by atoms with Crippen molar-refractivity contribution < 1.29 is 14.4 Å². The van der Waals surface area contributed by atoms with Crippen LogP contribution in [-0.2, 0) is 4.79 Å². The van der Waals surface area contributed by atoms with Gasteiger partial charge in [-0.2, -0.15) is 0 Å². The molecule has 0 aliphatic heterocycles. The molecule has 5 nitrogen and oxygen atoms in total. The lowest BCUT2D eigenvalue weighted by molar-refractivity contribution is -0.858. The zero-order valence-corrected chi connectivity index (χ0v) is 18.0. The first-order valence-electron chi connectivity index (χ1n) is 9.94. The molecule has 1 heterocycles. The summed E-state index contributed by atoms with van der Waals surface area (Å²) < 4.78 is 6.62. The Morgan fingerprint density at radius 2 is 2.00 bits per heavy atom. The highest BCUT2D eigenvalue weighted by Crippen LogP contribution is 2.31. The van der Waals surface area contributed by atoms with Crippen molar-refractivity contribution in [3.05, 3.63) is 60.2 Å². The molecular formula is C23H28N3O2S+. The zero-order chi connectivity index (χ0) is 20.6. The van der Waals surface area contributed by atoms with Crippen molar-refractivity contribution in [2.24, 2.45) is 0 Å². The molecule has 3 rings (SSSR count). The van der Waals surface area contributed by atoms with E-state index in [4.69, 9.17) is 9.72 Å². The first kappa shape index (κ1) is 21.0. The SMILES string of the molecule is CCOc1ccc2nc(N(CCC[NH+](C)C)C(=O)/C=C/c3ccccc3)sc2c1. The Hall–Kier alpha value is -2.70. The summed E-state index contributed by atoms with van der Waals surface area (Å²) in [5, 5.41) is 0.727. The number of nitrogens with one attached hydrogen (secondary N) is 1. The van der Waals surface area contributed by atoms with Gasteiger partial charge in [-0.25, -0.2) is 4.98 Å². The third kappa shape index (κ3) is 5.89. The molecule has 152 valence electrons. The van der Waals surface area contributed by atoms with Gasteiger partial charge in [0.05, 0.1) is 37.5 Å². The van der Waals surface area contributed by atoms with Crippen molar-refractivity contribution in [3.8, 4) is 5.75 Å². The third-order valence-electron chi connectivity index (χ3n) is 4.43. The maximum atomic E-state index is 13.0. The van der Waals surface area contributed by atoms with Gasteiger partial charge in [-0.05, 0) is 36.8 Å². The monoisotopic (exact) mass is 410 g/mol. The smallest absolute Gasteiger partial charge is 0.252 e. The first-order valence-corrected chi connectivity index (χ1v) is 10.8. The van der Waals surface area contributed by atoms with Gasteiger partial charge in [0.2, 0.25) is 0 Å². The summed E-state index contributed by atoms with van der Waals surface area (Å²) in [5.74, 6) is 0.778. The Kier molecular flexibility index (Phi) is 7.38. The van der Waals surface area contributed by atoms with E-state index in [2.05, 4.69) is 14.1 Å². The van der Waals surface area contributed by atoms with E-state index in [-0.39, 0.29) is 5.91 Å². The van der Waals surface area contributed by atoms with Crippen molar-refractivity contribution >= 4 is 38.7 Å². The van der Waals surface area contributed by atoms with Crippen LogP contribution in [0.15, 0.2) is 54.6 Å². The maximum Gasteiger partial charge on any atom is 0.252 e. The molecule has 1 N–H and O–H groups in total. The van der Waals surface area contributed by atoms with Crippen LogP contribution in [-0.4, -0.2) is 44.7 Å². The van der Waals surface area contributed by atoms with Crippen molar-refractivity contribution in [2.75, 3.05) is 38.7 Å². The van der Waals surface area contributed by atoms with Crippen LogP contribution in [0.2, 0.25) is 0 Å². The van der Waals surface area contributed by atoms with Crippen LogP contribution in [0.25, 0.3) is 16.3 Å². The van der Waals surface area contributed by atoms with E-state index in [1.165, 1.54) is 16.2 Å². The number of hydrogen-bond acceptors (Lipinski definition) is 4. The van der Waals surface area contributed by atoms with Crippen LogP contribution in [0, 0.1) is 0 Å². The Labute approximate surface area is 176 Å². The summed E-state index contributed by atoms with van der Waals surface area (Å²) in [4.78, 5) is 20.9. The molecule has 0 saturated heterocycles. The number of anilines is 1. The number of hydrogen-bond donors (Lipinski definition) is 1. The fourth-order valence-electron chi connectivity index (χ4n) is 2.98. The summed E-state index contributed by atoms with van der Waals surface area (Å²) in [7, 11) is 4.24. The summed E-state index contributed by atoms with van der Waals surface area (Å²) in [5.41, 5.74) is 1.89. The van der Waals surface area contributed by atoms with Crippen molar-refractivity contribution in [2.45, 2.75) is 13.3 Å². The average molecular weight is 411 g/mol. The number of nitrogens with zero attached hydrogens (tertiary/aromatic N) is 2.